The van der Waals surface area contributed by atoms with Crippen LogP contribution in [0.4, 0.5) is 4.79 Å². The predicted octanol–water partition coefficient (Wildman–Crippen LogP) is 4.17. The summed E-state index contributed by atoms with van der Waals surface area (Å²) in [5.74, 6) is -0.201. The highest BCUT2D eigenvalue weighted by atomic mass is 35.7. The van der Waals surface area contributed by atoms with Crippen molar-refractivity contribution in [2.75, 3.05) is 5.75 Å². The first-order chi connectivity index (χ1) is 12.3. The van der Waals surface area contributed by atoms with Crippen LogP contribution in [0.3, 0.4) is 0 Å². The van der Waals surface area contributed by atoms with Gasteiger partial charge >= 0.3 is 6.09 Å². The Kier molecular flexibility index (Phi) is 7.48. The predicted molar refractivity (Wildman–Crippen MR) is 102 cm³/mol. The van der Waals surface area contributed by atoms with Crippen molar-refractivity contribution in [2.45, 2.75) is 32.5 Å². The third-order valence-corrected chi connectivity index (χ3v) is 5.13. The number of benzene rings is 2. The second-order valence-corrected chi connectivity index (χ2v) is 8.93. The largest absolute Gasteiger partial charge is 0.445 e. The maximum absolute atomic E-state index is 12.6. The standard InChI is InChI=1S/C19H22ClNO4S/c1-16(12-13-26(20,23)24)21(14-17-8-4-2-5-9-17)19(22)25-15-18-10-6-3-7-11-18/h2-11,16H,12-15H2,1H3. The molecule has 0 saturated heterocycles. The molecule has 5 nitrogen and oxygen atoms in total. The molecule has 0 aliphatic rings. The summed E-state index contributed by atoms with van der Waals surface area (Å²) in [6.45, 7) is 2.28. The van der Waals surface area contributed by atoms with Gasteiger partial charge in [0.1, 0.15) is 6.61 Å². The van der Waals surface area contributed by atoms with Crippen LogP contribution in [0.2, 0.25) is 0 Å². The zero-order valence-corrected chi connectivity index (χ0v) is 16.1. The van der Waals surface area contributed by atoms with E-state index in [1.165, 1.54) is 4.90 Å². The molecule has 0 aromatic heterocycles. The fourth-order valence-electron chi connectivity index (χ4n) is 2.45. The molecule has 0 N–H and O–H groups in total. The topological polar surface area (TPSA) is 63.7 Å². The van der Waals surface area contributed by atoms with E-state index in [2.05, 4.69) is 0 Å². The summed E-state index contributed by atoms with van der Waals surface area (Å²) in [5, 5.41) is 0. The molecule has 0 spiro atoms. The van der Waals surface area contributed by atoms with Gasteiger partial charge in [-0.1, -0.05) is 60.7 Å². The number of ether oxygens (including phenoxy) is 1. The van der Waals surface area contributed by atoms with E-state index in [1.54, 1.807) is 6.92 Å². The molecule has 0 fully saturated rings. The lowest BCUT2D eigenvalue weighted by Crippen LogP contribution is -2.39. The Morgan fingerprint density at radius 1 is 1.04 bits per heavy atom. The lowest BCUT2D eigenvalue weighted by atomic mass is 10.1. The molecule has 7 heteroatoms. The minimum Gasteiger partial charge on any atom is -0.445 e. The molecule has 1 amide bonds. The summed E-state index contributed by atoms with van der Waals surface area (Å²) in [7, 11) is 1.69. The second-order valence-electron chi connectivity index (χ2n) is 6.03. The minimum atomic E-state index is -3.61. The van der Waals surface area contributed by atoms with Gasteiger partial charge in [-0.05, 0) is 24.5 Å². The summed E-state index contributed by atoms with van der Waals surface area (Å²) in [4.78, 5) is 14.1. The van der Waals surface area contributed by atoms with Gasteiger partial charge in [-0.2, -0.15) is 0 Å². The number of carbonyl (C=O) groups excluding carboxylic acids is 1. The number of halogens is 1. The number of amides is 1. The van der Waals surface area contributed by atoms with Crippen LogP contribution in [0.5, 0.6) is 0 Å². The van der Waals surface area contributed by atoms with E-state index in [1.807, 2.05) is 60.7 Å². The fourth-order valence-corrected chi connectivity index (χ4v) is 3.34. The van der Waals surface area contributed by atoms with Crippen LogP contribution in [-0.2, 0) is 26.9 Å². The fraction of sp³-hybridized carbons (Fsp3) is 0.316. The Morgan fingerprint density at radius 3 is 2.12 bits per heavy atom. The van der Waals surface area contributed by atoms with E-state index in [0.717, 1.165) is 11.1 Å². The van der Waals surface area contributed by atoms with Gasteiger partial charge < -0.3 is 9.64 Å². The van der Waals surface area contributed by atoms with Crippen LogP contribution < -0.4 is 0 Å². The quantitative estimate of drug-likeness (QED) is 0.629. The zero-order chi connectivity index (χ0) is 19.0. The summed E-state index contributed by atoms with van der Waals surface area (Å²) < 4.78 is 27.9. The molecular formula is C19H22ClNO4S. The van der Waals surface area contributed by atoms with Gasteiger partial charge in [0.25, 0.3) is 0 Å². The lowest BCUT2D eigenvalue weighted by molar-refractivity contribution is 0.0793. The van der Waals surface area contributed by atoms with Crippen LogP contribution in [0.1, 0.15) is 24.5 Å². The molecule has 140 valence electrons. The molecule has 1 atom stereocenters. The van der Waals surface area contributed by atoms with Crippen molar-refractivity contribution in [3.63, 3.8) is 0 Å². The molecule has 0 aliphatic heterocycles. The number of hydrogen-bond acceptors (Lipinski definition) is 4. The Hall–Kier alpha value is -2.05. The highest BCUT2D eigenvalue weighted by Crippen LogP contribution is 2.15. The normalized spacial score (nSPS) is 12.4. The average molecular weight is 396 g/mol. The first-order valence-corrected chi connectivity index (χ1v) is 10.8. The van der Waals surface area contributed by atoms with Crippen LogP contribution in [0.25, 0.3) is 0 Å². The monoisotopic (exact) mass is 395 g/mol. The summed E-state index contributed by atoms with van der Waals surface area (Å²) in [6, 6.07) is 18.5. The van der Waals surface area contributed by atoms with Gasteiger partial charge in [-0.3, -0.25) is 0 Å². The molecule has 0 bridgehead atoms. The number of carbonyl (C=O) groups is 1. The Labute approximate surface area is 159 Å². The summed E-state index contributed by atoms with van der Waals surface area (Å²) in [6.07, 6.45) is -0.254. The molecule has 26 heavy (non-hydrogen) atoms. The Balaban J connectivity index is 2.06. The van der Waals surface area contributed by atoms with E-state index in [9.17, 15) is 13.2 Å². The Morgan fingerprint density at radius 2 is 1.58 bits per heavy atom. The first-order valence-electron chi connectivity index (χ1n) is 8.29. The molecule has 1 unspecified atom stereocenters. The Bertz CT molecular complexity index is 797. The van der Waals surface area contributed by atoms with Gasteiger partial charge in [0.2, 0.25) is 9.05 Å². The van der Waals surface area contributed by atoms with E-state index in [-0.39, 0.29) is 24.8 Å². The van der Waals surface area contributed by atoms with Gasteiger partial charge in [0, 0.05) is 23.3 Å². The van der Waals surface area contributed by atoms with Crippen molar-refractivity contribution >= 4 is 25.8 Å². The van der Waals surface area contributed by atoms with Crippen molar-refractivity contribution < 1.29 is 17.9 Å². The van der Waals surface area contributed by atoms with Crippen LogP contribution >= 0.6 is 10.7 Å². The van der Waals surface area contributed by atoms with Gasteiger partial charge in [0.15, 0.2) is 0 Å². The number of rotatable bonds is 8. The van der Waals surface area contributed by atoms with E-state index < -0.39 is 15.1 Å². The van der Waals surface area contributed by atoms with Crippen LogP contribution in [0, 0.1) is 0 Å². The molecule has 0 heterocycles. The summed E-state index contributed by atoms with van der Waals surface area (Å²) in [5.41, 5.74) is 1.82. The van der Waals surface area contributed by atoms with Crippen molar-refractivity contribution in [1.82, 2.24) is 4.90 Å². The number of nitrogens with zero attached hydrogens (tertiary/aromatic N) is 1. The average Bonchev–Trinajstić information content (AvgIpc) is 2.63. The van der Waals surface area contributed by atoms with Crippen molar-refractivity contribution in [3.8, 4) is 0 Å². The van der Waals surface area contributed by atoms with Crippen molar-refractivity contribution in [3.05, 3.63) is 71.8 Å². The van der Waals surface area contributed by atoms with Crippen molar-refractivity contribution in [1.29, 1.82) is 0 Å². The van der Waals surface area contributed by atoms with Gasteiger partial charge in [0.05, 0.1) is 5.75 Å². The molecule has 0 saturated carbocycles. The molecule has 0 aliphatic carbocycles. The van der Waals surface area contributed by atoms with E-state index in [0.29, 0.717) is 6.54 Å². The van der Waals surface area contributed by atoms with E-state index in [4.69, 9.17) is 15.4 Å². The smallest absolute Gasteiger partial charge is 0.410 e. The highest BCUT2D eigenvalue weighted by molar-refractivity contribution is 8.13. The molecule has 0 radical (unpaired) electrons. The maximum Gasteiger partial charge on any atom is 0.410 e. The maximum atomic E-state index is 12.6. The van der Waals surface area contributed by atoms with Crippen molar-refractivity contribution in [2.24, 2.45) is 0 Å². The molecule has 2 rings (SSSR count). The summed E-state index contributed by atoms with van der Waals surface area (Å²) >= 11 is 0. The SMILES string of the molecule is CC(CCS(=O)(=O)Cl)N(Cc1ccccc1)C(=O)OCc1ccccc1. The zero-order valence-electron chi connectivity index (χ0n) is 14.5. The second kappa shape index (κ2) is 9.59. The van der Waals surface area contributed by atoms with Gasteiger partial charge in [-0.25, -0.2) is 13.2 Å². The third kappa shape index (κ3) is 7.06. The minimum absolute atomic E-state index is 0.158. The number of hydrogen-bond donors (Lipinski definition) is 0. The van der Waals surface area contributed by atoms with Gasteiger partial charge in [-0.15, -0.1) is 0 Å². The highest BCUT2D eigenvalue weighted by Gasteiger charge is 2.23. The first kappa shape index (κ1) is 20.3. The molecule has 2 aromatic rings. The third-order valence-electron chi connectivity index (χ3n) is 3.95. The van der Waals surface area contributed by atoms with E-state index >= 15 is 0 Å². The molecular weight excluding hydrogens is 374 g/mol. The molecule has 2 aromatic carbocycles. The lowest BCUT2D eigenvalue weighted by Gasteiger charge is -2.28. The van der Waals surface area contributed by atoms with Crippen LogP contribution in [0.15, 0.2) is 60.7 Å². The van der Waals surface area contributed by atoms with Crippen LogP contribution in [-0.4, -0.2) is 31.2 Å².